The molecule has 36 heavy (non-hydrogen) atoms. The minimum atomic E-state index is -2.45. The maximum absolute atomic E-state index is 12.9. The van der Waals surface area contributed by atoms with Gasteiger partial charge in [0.1, 0.15) is 13.1 Å². The third kappa shape index (κ3) is 7.26. The summed E-state index contributed by atoms with van der Waals surface area (Å²) in [7, 11) is 0. The summed E-state index contributed by atoms with van der Waals surface area (Å²) in [5.74, 6) is -1.98. The Morgan fingerprint density at radius 3 is 2.08 bits per heavy atom. The summed E-state index contributed by atoms with van der Waals surface area (Å²) in [6.45, 7) is 5.75. The average Bonchev–Trinajstić information content (AvgIpc) is 2.85. The van der Waals surface area contributed by atoms with Crippen LogP contribution in [0.25, 0.3) is 0 Å². The normalized spacial score (nSPS) is 26.1. The SMILES string of the molecule is CC(=O)O[C@H]1C[N+]2(CC(=O)c3ccccc3)CCC1CC2.FC1(F)CCN(c2ccccc2)CC1.[Cl-]. The lowest BCUT2D eigenvalue weighted by molar-refractivity contribution is -0.938. The van der Waals surface area contributed by atoms with Gasteiger partial charge in [0.2, 0.25) is 5.78 Å². The highest BCUT2D eigenvalue weighted by molar-refractivity contribution is 5.96. The van der Waals surface area contributed by atoms with E-state index in [9.17, 15) is 18.4 Å². The van der Waals surface area contributed by atoms with Crippen molar-refractivity contribution in [3.05, 3.63) is 66.2 Å². The summed E-state index contributed by atoms with van der Waals surface area (Å²) in [6, 6.07) is 19.2. The second-order valence-corrected chi connectivity index (χ2v) is 10.1. The first-order valence-electron chi connectivity index (χ1n) is 12.5. The standard InChI is InChI=1S/C17H22NO3.C11H13F2N.ClH/c1-13(19)21-17-12-18(9-7-15(17)8-10-18)11-16(20)14-5-3-2-4-6-14;12-11(13)6-8-14(9-7-11)10-4-2-1-3-5-10;/h2-6,15,17H,7-12H2,1H3;1-5H,6-9H2;1H/q+1;;/p-1/t15?,17-,18?;;/m0../s1. The number of rotatable bonds is 5. The van der Waals surface area contributed by atoms with Gasteiger partial charge in [-0.15, -0.1) is 0 Å². The Morgan fingerprint density at radius 2 is 1.53 bits per heavy atom. The molecule has 0 spiro atoms. The van der Waals surface area contributed by atoms with Crippen molar-refractivity contribution in [1.29, 1.82) is 0 Å². The van der Waals surface area contributed by atoms with Crippen LogP contribution in [0.5, 0.6) is 0 Å². The predicted octanol–water partition coefficient (Wildman–Crippen LogP) is 1.97. The lowest BCUT2D eigenvalue weighted by Gasteiger charge is -2.51. The highest BCUT2D eigenvalue weighted by atomic mass is 35.5. The highest BCUT2D eigenvalue weighted by Crippen LogP contribution is 2.36. The molecule has 0 aromatic heterocycles. The average molecular weight is 521 g/mol. The van der Waals surface area contributed by atoms with Crippen LogP contribution in [0.3, 0.4) is 0 Å². The van der Waals surface area contributed by atoms with E-state index >= 15 is 0 Å². The van der Waals surface area contributed by atoms with Crippen molar-refractivity contribution >= 4 is 17.4 Å². The van der Waals surface area contributed by atoms with Crippen LogP contribution in [0.2, 0.25) is 0 Å². The van der Waals surface area contributed by atoms with Crippen LogP contribution in [-0.2, 0) is 9.53 Å². The Bertz CT molecular complexity index is 988. The lowest BCUT2D eigenvalue weighted by Crippen LogP contribution is -3.00. The third-order valence-electron chi connectivity index (χ3n) is 7.55. The zero-order valence-electron chi connectivity index (χ0n) is 20.8. The number of carbonyl (C=O) groups is 2. The number of halogens is 3. The van der Waals surface area contributed by atoms with Gasteiger partial charge in [0.25, 0.3) is 5.92 Å². The molecule has 4 aliphatic heterocycles. The number of benzene rings is 2. The topological polar surface area (TPSA) is 46.6 Å². The number of piperidine rings is 4. The molecule has 5 nitrogen and oxygen atoms in total. The molecule has 196 valence electrons. The van der Waals surface area contributed by atoms with Crippen LogP contribution >= 0.6 is 0 Å². The van der Waals surface area contributed by atoms with E-state index in [0.717, 1.165) is 48.2 Å². The molecule has 2 aromatic carbocycles. The second-order valence-electron chi connectivity index (χ2n) is 10.1. The smallest absolute Gasteiger partial charge is 0.303 e. The molecule has 2 aromatic rings. The maximum atomic E-state index is 12.9. The zero-order valence-corrected chi connectivity index (χ0v) is 21.5. The van der Waals surface area contributed by atoms with Crippen LogP contribution in [0.1, 0.15) is 43.0 Å². The molecule has 8 heteroatoms. The van der Waals surface area contributed by atoms with Crippen molar-refractivity contribution in [2.45, 2.75) is 44.6 Å². The molecule has 4 saturated heterocycles. The van der Waals surface area contributed by atoms with E-state index in [2.05, 4.69) is 0 Å². The van der Waals surface area contributed by atoms with Crippen molar-refractivity contribution < 1.29 is 40.0 Å². The fourth-order valence-corrected chi connectivity index (χ4v) is 5.54. The number of para-hydroxylation sites is 1. The lowest BCUT2D eigenvalue weighted by atomic mass is 9.83. The third-order valence-corrected chi connectivity index (χ3v) is 7.55. The molecule has 0 N–H and O–H groups in total. The second kappa shape index (κ2) is 12.2. The van der Waals surface area contributed by atoms with Gasteiger partial charge in [-0.05, 0) is 12.1 Å². The van der Waals surface area contributed by atoms with Gasteiger partial charge in [0.05, 0.1) is 13.1 Å². The number of ketones is 1. The number of alkyl halides is 2. The molecule has 0 aliphatic carbocycles. The summed E-state index contributed by atoms with van der Waals surface area (Å²) in [6.07, 6.45) is 2.05. The molecule has 0 unspecified atom stereocenters. The fraction of sp³-hybridized carbons (Fsp3) is 0.500. The van der Waals surface area contributed by atoms with Gasteiger partial charge in [-0.1, -0.05) is 48.5 Å². The largest absolute Gasteiger partial charge is 1.00 e. The van der Waals surface area contributed by atoms with Crippen LogP contribution in [0.4, 0.5) is 14.5 Å². The summed E-state index contributed by atoms with van der Waals surface area (Å²) in [5.41, 5.74) is 1.82. The number of fused-ring (bicyclic) bond motifs is 3. The van der Waals surface area contributed by atoms with Crippen LogP contribution < -0.4 is 17.3 Å². The number of quaternary nitrogens is 1. The summed E-state index contributed by atoms with van der Waals surface area (Å²) in [4.78, 5) is 25.8. The fourth-order valence-electron chi connectivity index (χ4n) is 5.54. The Hall–Kier alpha value is -2.51. The zero-order chi connectivity index (χ0) is 24.9. The van der Waals surface area contributed by atoms with Crippen molar-refractivity contribution in [2.75, 3.05) is 44.2 Å². The van der Waals surface area contributed by atoms with Gasteiger partial charge < -0.3 is 26.5 Å². The first-order chi connectivity index (χ1) is 16.8. The monoisotopic (exact) mass is 520 g/mol. The van der Waals surface area contributed by atoms with E-state index in [0.29, 0.717) is 25.6 Å². The maximum Gasteiger partial charge on any atom is 0.303 e. The number of hydrogen-bond acceptors (Lipinski definition) is 4. The summed E-state index contributed by atoms with van der Waals surface area (Å²) < 4.78 is 32.0. The first kappa shape index (κ1) is 28.1. The summed E-state index contributed by atoms with van der Waals surface area (Å²) in [5, 5.41) is 0. The minimum absolute atomic E-state index is 0. The molecule has 6 rings (SSSR count). The molecule has 4 aliphatic rings. The van der Waals surface area contributed by atoms with Gasteiger partial charge >= 0.3 is 5.97 Å². The number of Topliss-reactive ketones (excluding diaryl/α,β-unsaturated/α-hetero) is 1. The van der Waals surface area contributed by atoms with E-state index in [1.165, 1.54) is 6.92 Å². The van der Waals surface area contributed by atoms with Gasteiger partial charge in [0.15, 0.2) is 6.10 Å². The molecular weight excluding hydrogens is 486 g/mol. The van der Waals surface area contributed by atoms with E-state index < -0.39 is 5.92 Å². The van der Waals surface area contributed by atoms with Crippen molar-refractivity contribution in [3.63, 3.8) is 0 Å². The van der Waals surface area contributed by atoms with E-state index in [-0.39, 0.29) is 43.1 Å². The Morgan fingerprint density at radius 1 is 0.972 bits per heavy atom. The Balaban J connectivity index is 0.000000210. The van der Waals surface area contributed by atoms with Gasteiger partial charge in [0, 0.05) is 62.9 Å². The van der Waals surface area contributed by atoms with Crippen LogP contribution in [-0.4, -0.2) is 67.5 Å². The van der Waals surface area contributed by atoms with E-state index in [1.807, 2.05) is 65.6 Å². The molecule has 2 bridgehead atoms. The number of ether oxygens (including phenoxy) is 1. The van der Waals surface area contributed by atoms with E-state index in [4.69, 9.17) is 4.74 Å². The van der Waals surface area contributed by atoms with Crippen molar-refractivity contribution in [1.82, 2.24) is 0 Å². The van der Waals surface area contributed by atoms with E-state index in [1.54, 1.807) is 0 Å². The van der Waals surface area contributed by atoms with Gasteiger partial charge in [-0.25, -0.2) is 8.78 Å². The number of carbonyl (C=O) groups excluding carboxylic acids is 2. The molecule has 0 saturated carbocycles. The van der Waals surface area contributed by atoms with Gasteiger partial charge in [-0.2, -0.15) is 0 Å². The van der Waals surface area contributed by atoms with Gasteiger partial charge in [-0.3, -0.25) is 9.59 Å². The summed E-state index contributed by atoms with van der Waals surface area (Å²) >= 11 is 0. The van der Waals surface area contributed by atoms with Crippen LogP contribution in [0.15, 0.2) is 60.7 Å². The number of nitrogens with zero attached hydrogens (tertiary/aromatic N) is 2. The predicted molar refractivity (Wildman–Crippen MR) is 132 cm³/mol. The molecular formula is C28H35ClF2N2O3. The molecule has 0 radical (unpaired) electrons. The Labute approximate surface area is 218 Å². The highest BCUT2D eigenvalue weighted by Gasteiger charge is 2.48. The number of esters is 1. The molecule has 1 atom stereocenters. The first-order valence-corrected chi connectivity index (χ1v) is 12.5. The van der Waals surface area contributed by atoms with Crippen molar-refractivity contribution in [3.8, 4) is 0 Å². The Kier molecular flexibility index (Phi) is 9.47. The number of anilines is 1. The number of hydrogen-bond donors (Lipinski definition) is 0. The molecule has 0 amide bonds. The molecule has 4 fully saturated rings. The van der Waals surface area contributed by atoms with Crippen molar-refractivity contribution in [2.24, 2.45) is 5.92 Å². The molecule has 4 heterocycles. The minimum Gasteiger partial charge on any atom is -1.00 e. The van der Waals surface area contributed by atoms with Crippen LogP contribution in [0, 0.1) is 5.92 Å². The quantitative estimate of drug-likeness (QED) is 0.344.